The molecular weight excluding hydrogens is 170 g/mol. The van der Waals surface area contributed by atoms with Crippen molar-refractivity contribution in [2.75, 3.05) is 6.61 Å². The van der Waals surface area contributed by atoms with Crippen LogP contribution >= 0.6 is 0 Å². The number of ether oxygens (including phenoxy) is 1. The number of hydrogen-bond donors (Lipinski definition) is 2. The smallest absolute Gasteiger partial charge is 0.265 e. The summed E-state index contributed by atoms with van der Waals surface area (Å²) < 4.78 is 29.0. The molecule has 6 heteroatoms. The van der Waals surface area contributed by atoms with E-state index in [1.165, 1.54) is 0 Å². The number of rotatable bonds is 2. The molecule has 4 nitrogen and oxygen atoms in total. The number of amides is 1. The van der Waals surface area contributed by atoms with Gasteiger partial charge >= 0.3 is 0 Å². The summed E-state index contributed by atoms with van der Waals surface area (Å²) in [5, 5.41) is 0. The molecule has 1 fully saturated rings. The topological polar surface area (TPSA) is 64.3 Å². The van der Waals surface area contributed by atoms with Crippen LogP contribution in [0.25, 0.3) is 0 Å². The normalized spacial score (nSPS) is 29.3. The second-order valence-electron chi connectivity index (χ2n) is 2.57. The Hall–Kier alpha value is -0.750. The van der Waals surface area contributed by atoms with Crippen LogP contribution in [-0.2, 0) is 9.53 Å². The van der Waals surface area contributed by atoms with Gasteiger partial charge in [-0.25, -0.2) is 14.6 Å². The van der Waals surface area contributed by atoms with Crippen molar-refractivity contribution in [2.45, 2.75) is 19.0 Å². The standard InChI is InChI=1S/C6H10F2N2O2/c7-5(8)4-3(1-2-12-4)6(11)10-9/h3-5H,1-2,9H2,(H,10,11). The molecule has 2 atom stereocenters. The van der Waals surface area contributed by atoms with E-state index in [4.69, 9.17) is 5.84 Å². The molecule has 1 saturated heterocycles. The second kappa shape index (κ2) is 3.77. The molecule has 0 aromatic rings. The van der Waals surface area contributed by atoms with Gasteiger partial charge in [-0.15, -0.1) is 0 Å². The number of carbonyl (C=O) groups excluding carboxylic acids is 1. The molecule has 2 unspecified atom stereocenters. The van der Waals surface area contributed by atoms with Gasteiger partial charge in [-0.3, -0.25) is 10.2 Å². The molecule has 0 aliphatic carbocycles. The van der Waals surface area contributed by atoms with Crippen molar-refractivity contribution in [3.63, 3.8) is 0 Å². The molecule has 12 heavy (non-hydrogen) atoms. The number of nitrogens with one attached hydrogen (secondary N) is 1. The Labute approximate surface area is 68.0 Å². The maximum absolute atomic E-state index is 12.1. The van der Waals surface area contributed by atoms with Gasteiger partial charge in [-0.2, -0.15) is 0 Å². The van der Waals surface area contributed by atoms with Gasteiger partial charge in [0.05, 0.1) is 5.92 Å². The number of alkyl halides is 2. The average molecular weight is 180 g/mol. The lowest BCUT2D eigenvalue weighted by Crippen LogP contribution is -2.41. The van der Waals surface area contributed by atoms with Gasteiger partial charge in [-0.05, 0) is 6.42 Å². The Morgan fingerprint density at radius 3 is 2.83 bits per heavy atom. The van der Waals surface area contributed by atoms with Crippen LogP contribution in [0.15, 0.2) is 0 Å². The van der Waals surface area contributed by atoms with Gasteiger partial charge in [0.15, 0.2) is 0 Å². The number of carbonyl (C=O) groups is 1. The molecular formula is C6H10F2N2O2. The first-order valence-electron chi connectivity index (χ1n) is 3.57. The average Bonchev–Trinajstić information content (AvgIpc) is 2.50. The second-order valence-corrected chi connectivity index (χ2v) is 2.57. The molecule has 0 aromatic carbocycles. The summed E-state index contributed by atoms with van der Waals surface area (Å²) in [6.45, 7) is 0.188. The van der Waals surface area contributed by atoms with Gasteiger partial charge in [0.25, 0.3) is 6.43 Å². The number of halogens is 2. The van der Waals surface area contributed by atoms with Crippen LogP contribution in [0.2, 0.25) is 0 Å². The van der Waals surface area contributed by atoms with E-state index in [1.54, 1.807) is 0 Å². The molecule has 1 aliphatic heterocycles. The van der Waals surface area contributed by atoms with Crippen LogP contribution in [-0.4, -0.2) is 25.0 Å². The fraction of sp³-hybridized carbons (Fsp3) is 0.833. The van der Waals surface area contributed by atoms with Crippen molar-refractivity contribution >= 4 is 5.91 Å². The lowest BCUT2D eigenvalue weighted by atomic mass is 10.0. The Balaban J connectivity index is 2.57. The van der Waals surface area contributed by atoms with Crippen molar-refractivity contribution in [1.82, 2.24) is 5.43 Å². The summed E-state index contributed by atoms with van der Waals surface area (Å²) >= 11 is 0. The van der Waals surface area contributed by atoms with E-state index in [2.05, 4.69) is 4.74 Å². The number of nitrogens with two attached hydrogens (primary N) is 1. The first-order valence-corrected chi connectivity index (χ1v) is 3.57. The molecule has 1 aliphatic rings. The van der Waals surface area contributed by atoms with Crippen LogP contribution < -0.4 is 11.3 Å². The van der Waals surface area contributed by atoms with Gasteiger partial charge in [0.1, 0.15) is 6.10 Å². The van der Waals surface area contributed by atoms with Crippen molar-refractivity contribution in [3.05, 3.63) is 0 Å². The third-order valence-electron chi connectivity index (χ3n) is 1.86. The Kier molecular flexibility index (Phi) is 2.93. The predicted octanol–water partition coefficient (Wildman–Crippen LogP) is -0.354. The minimum atomic E-state index is -2.63. The summed E-state index contributed by atoms with van der Waals surface area (Å²) in [6, 6.07) is 0. The fourth-order valence-corrected chi connectivity index (χ4v) is 1.25. The lowest BCUT2D eigenvalue weighted by Gasteiger charge is -2.15. The SMILES string of the molecule is NNC(=O)C1CCOC1C(F)F. The first-order chi connectivity index (χ1) is 5.66. The van der Waals surface area contributed by atoms with Gasteiger partial charge in [0.2, 0.25) is 5.91 Å². The zero-order valence-electron chi connectivity index (χ0n) is 6.30. The molecule has 0 aromatic heterocycles. The van der Waals surface area contributed by atoms with E-state index >= 15 is 0 Å². The molecule has 70 valence electrons. The lowest BCUT2D eigenvalue weighted by molar-refractivity contribution is -0.130. The Morgan fingerprint density at radius 2 is 2.33 bits per heavy atom. The van der Waals surface area contributed by atoms with Crippen LogP contribution in [0.1, 0.15) is 6.42 Å². The van der Waals surface area contributed by atoms with E-state index in [0.717, 1.165) is 0 Å². The zero-order chi connectivity index (χ0) is 9.14. The molecule has 0 bridgehead atoms. The number of hydrazine groups is 1. The van der Waals surface area contributed by atoms with Gasteiger partial charge in [0, 0.05) is 6.61 Å². The van der Waals surface area contributed by atoms with Gasteiger partial charge in [-0.1, -0.05) is 0 Å². The highest BCUT2D eigenvalue weighted by Crippen LogP contribution is 2.25. The highest BCUT2D eigenvalue weighted by molar-refractivity contribution is 5.78. The Bertz CT molecular complexity index is 177. The maximum atomic E-state index is 12.1. The highest BCUT2D eigenvalue weighted by Gasteiger charge is 2.39. The zero-order valence-corrected chi connectivity index (χ0v) is 6.30. The molecule has 0 radical (unpaired) electrons. The van der Waals surface area contributed by atoms with E-state index in [9.17, 15) is 13.6 Å². The Morgan fingerprint density at radius 1 is 1.67 bits per heavy atom. The van der Waals surface area contributed by atoms with E-state index in [-0.39, 0.29) is 6.61 Å². The largest absolute Gasteiger partial charge is 0.371 e. The fourth-order valence-electron chi connectivity index (χ4n) is 1.25. The third kappa shape index (κ3) is 1.70. The summed E-state index contributed by atoms with van der Waals surface area (Å²) in [5.74, 6) is 3.42. The van der Waals surface area contributed by atoms with Crippen molar-refractivity contribution < 1.29 is 18.3 Å². The first kappa shape index (κ1) is 9.34. The van der Waals surface area contributed by atoms with Gasteiger partial charge < -0.3 is 4.74 Å². The van der Waals surface area contributed by atoms with E-state index in [1.807, 2.05) is 5.43 Å². The summed E-state index contributed by atoms with van der Waals surface area (Å²) in [6.07, 6.45) is -3.62. The predicted molar refractivity (Wildman–Crippen MR) is 36.2 cm³/mol. The number of hydrogen-bond acceptors (Lipinski definition) is 3. The van der Waals surface area contributed by atoms with Crippen LogP contribution in [0.5, 0.6) is 0 Å². The maximum Gasteiger partial charge on any atom is 0.265 e. The van der Waals surface area contributed by atoms with Crippen LogP contribution in [0, 0.1) is 5.92 Å². The van der Waals surface area contributed by atoms with Crippen molar-refractivity contribution in [3.8, 4) is 0 Å². The molecule has 1 heterocycles. The van der Waals surface area contributed by atoms with Crippen LogP contribution in [0.4, 0.5) is 8.78 Å². The quantitative estimate of drug-likeness (QED) is 0.346. The minimum Gasteiger partial charge on any atom is -0.371 e. The van der Waals surface area contributed by atoms with E-state index < -0.39 is 24.4 Å². The monoisotopic (exact) mass is 180 g/mol. The summed E-state index contributed by atoms with van der Waals surface area (Å²) in [4.78, 5) is 10.9. The minimum absolute atomic E-state index is 0.188. The van der Waals surface area contributed by atoms with E-state index in [0.29, 0.717) is 6.42 Å². The highest BCUT2D eigenvalue weighted by atomic mass is 19.3. The summed E-state index contributed by atoms with van der Waals surface area (Å²) in [5.41, 5.74) is 1.84. The van der Waals surface area contributed by atoms with Crippen molar-refractivity contribution in [1.29, 1.82) is 0 Å². The third-order valence-corrected chi connectivity index (χ3v) is 1.86. The molecule has 3 N–H and O–H groups in total. The summed E-state index contributed by atoms with van der Waals surface area (Å²) in [7, 11) is 0. The molecule has 1 amide bonds. The molecule has 0 saturated carbocycles. The molecule has 1 rings (SSSR count). The van der Waals surface area contributed by atoms with Crippen LogP contribution in [0.3, 0.4) is 0 Å². The van der Waals surface area contributed by atoms with Crippen molar-refractivity contribution in [2.24, 2.45) is 11.8 Å². The molecule has 0 spiro atoms.